The molecule has 22 heavy (non-hydrogen) atoms. The lowest BCUT2D eigenvalue weighted by atomic mass is 10.2. The minimum Gasteiger partial charge on any atom is -0.444 e. The SMILES string of the molecule is CC(C)N(CCNC(=O)[C@@H](C)NC(=O)OC(C)(C)C)C(C)C. The van der Waals surface area contributed by atoms with Gasteiger partial charge in [-0.2, -0.15) is 0 Å². The average Bonchev–Trinajstić information content (AvgIpc) is 2.30. The molecule has 0 spiro atoms. The zero-order valence-corrected chi connectivity index (χ0v) is 15.3. The van der Waals surface area contributed by atoms with Crippen molar-refractivity contribution in [1.82, 2.24) is 15.5 Å². The lowest BCUT2D eigenvalue weighted by Gasteiger charge is -2.30. The van der Waals surface area contributed by atoms with Crippen LogP contribution in [0.2, 0.25) is 0 Å². The normalized spacial score (nSPS) is 13.4. The lowest BCUT2D eigenvalue weighted by Crippen LogP contribution is -2.49. The van der Waals surface area contributed by atoms with Crippen molar-refractivity contribution in [2.45, 2.75) is 79.1 Å². The summed E-state index contributed by atoms with van der Waals surface area (Å²) >= 11 is 0. The van der Waals surface area contributed by atoms with Gasteiger partial charge in [-0.05, 0) is 55.4 Å². The largest absolute Gasteiger partial charge is 0.444 e. The number of carbonyl (C=O) groups excluding carboxylic acids is 2. The van der Waals surface area contributed by atoms with E-state index in [2.05, 4.69) is 43.2 Å². The van der Waals surface area contributed by atoms with Gasteiger partial charge in [0.2, 0.25) is 5.91 Å². The molecule has 0 aliphatic carbocycles. The Morgan fingerprint density at radius 3 is 1.95 bits per heavy atom. The Labute approximate surface area is 135 Å². The molecular formula is C16H33N3O3. The van der Waals surface area contributed by atoms with Crippen molar-refractivity contribution in [3.8, 4) is 0 Å². The molecule has 2 N–H and O–H groups in total. The summed E-state index contributed by atoms with van der Waals surface area (Å²) in [7, 11) is 0. The first-order valence-electron chi connectivity index (χ1n) is 7.97. The summed E-state index contributed by atoms with van der Waals surface area (Å²) in [5.74, 6) is -0.210. The van der Waals surface area contributed by atoms with Crippen LogP contribution in [0.15, 0.2) is 0 Å². The molecule has 0 saturated carbocycles. The van der Waals surface area contributed by atoms with E-state index in [-0.39, 0.29) is 5.91 Å². The second-order valence-electron chi connectivity index (χ2n) is 7.08. The minimum absolute atomic E-state index is 0.210. The van der Waals surface area contributed by atoms with E-state index < -0.39 is 17.7 Å². The van der Waals surface area contributed by atoms with Crippen molar-refractivity contribution in [3.63, 3.8) is 0 Å². The van der Waals surface area contributed by atoms with Gasteiger partial charge < -0.3 is 15.4 Å². The first kappa shape index (κ1) is 20.7. The number of rotatable bonds is 7. The first-order chi connectivity index (χ1) is 9.94. The van der Waals surface area contributed by atoms with Crippen molar-refractivity contribution in [2.75, 3.05) is 13.1 Å². The summed E-state index contributed by atoms with van der Waals surface area (Å²) in [6, 6.07) is 0.227. The maximum atomic E-state index is 12.0. The van der Waals surface area contributed by atoms with Crippen LogP contribution in [0.3, 0.4) is 0 Å². The predicted molar refractivity (Wildman–Crippen MR) is 88.8 cm³/mol. The van der Waals surface area contributed by atoms with Gasteiger partial charge in [0.25, 0.3) is 0 Å². The second-order valence-corrected chi connectivity index (χ2v) is 7.08. The Morgan fingerprint density at radius 1 is 1.05 bits per heavy atom. The van der Waals surface area contributed by atoms with Gasteiger partial charge in [-0.25, -0.2) is 4.79 Å². The molecule has 0 fully saturated rings. The lowest BCUT2D eigenvalue weighted by molar-refractivity contribution is -0.122. The Balaban J connectivity index is 4.18. The van der Waals surface area contributed by atoms with Crippen LogP contribution in [0.25, 0.3) is 0 Å². The molecule has 0 aliphatic heterocycles. The predicted octanol–water partition coefficient (Wildman–Crippen LogP) is 2.13. The summed E-state index contributed by atoms with van der Waals surface area (Å²) in [4.78, 5) is 25.9. The van der Waals surface area contributed by atoms with Gasteiger partial charge in [0.1, 0.15) is 11.6 Å². The molecule has 0 saturated heterocycles. The van der Waals surface area contributed by atoms with E-state index in [9.17, 15) is 9.59 Å². The molecule has 0 rings (SSSR count). The number of amides is 2. The van der Waals surface area contributed by atoms with E-state index in [0.29, 0.717) is 18.6 Å². The maximum Gasteiger partial charge on any atom is 0.408 e. The van der Waals surface area contributed by atoms with Gasteiger partial charge in [0.15, 0.2) is 0 Å². The third-order valence-electron chi connectivity index (χ3n) is 3.12. The van der Waals surface area contributed by atoms with Crippen LogP contribution in [-0.2, 0) is 9.53 Å². The number of hydrogen-bond donors (Lipinski definition) is 2. The fourth-order valence-corrected chi connectivity index (χ4v) is 2.12. The van der Waals surface area contributed by atoms with Crippen molar-refractivity contribution in [3.05, 3.63) is 0 Å². The monoisotopic (exact) mass is 315 g/mol. The fraction of sp³-hybridized carbons (Fsp3) is 0.875. The molecule has 0 radical (unpaired) electrons. The summed E-state index contributed by atoms with van der Waals surface area (Å²) in [6.07, 6.45) is -0.582. The topological polar surface area (TPSA) is 70.7 Å². The summed E-state index contributed by atoms with van der Waals surface area (Å²) in [5, 5.41) is 5.37. The number of alkyl carbamates (subject to hydrolysis) is 1. The molecule has 0 bridgehead atoms. The molecule has 0 aliphatic rings. The zero-order chi connectivity index (χ0) is 17.5. The van der Waals surface area contributed by atoms with Gasteiger partial charge in [-0.3, -0.25) is 9.69 Å². The molecule has 6 nitrogen and oxygen atoms in total. The van der Waals surface area contributed by atoms with E-state index in [0.717, 1.165) is 6.54 Å². The van der Waals surface area contributed by atoms with Crippen molar-refractivity contribution in [2.24, 2.45) is 0 Å². The molecule has 1 atom stereocenters. The zero-order valence-electron chi connectivity index (χ0n) is 15.3. The van der Waals surface area contributed by atoms with Crippen LogP contribution >= 0.6 is 0 Å². The van der Waals surface area contributed by atoms with Crippen LogP contribution in [0, 0.1) is 0 Å². The van der Waals surface area contributed by atoms with Crippen molar-refractivity contribution in [1.29, 1.82) is 0 Å². The van der Waals surface area contributed by atoms with Crippen molar-refractivity contribution >= 4 is 12.0 Å². The number of nitrogens with zero attached hydrogens (tertiary/aromatic N) is 1. The highest BCUT2D eigenvalue weighted by atomic mass is 16.6. The molecule has 130 valence electrons. The standard InChI is InChI=1S/C16H33N3O3/c1-11(2)19(12(3)4)10-9-17-14(20)13(5)18-15(21)22-16(6,7)8/h11-13H,9-10H2,1-8H3,(H,17,20)(H,18,21)/t13-/m1/s1. The maximum absolute atomic E-state index is 12.0. The van der Waals surface area contributed by atoms with E-state index in [4.69, 9.17) is 4.74 Å². The average molecular weight is 315 g/mol. The van der Waals surface area contributed by atoms with Gasteiger partial charge in [-0.1, -0.05) is 0 Å². The first-order valence-corrected chi connectivity index (χ1v) is 7.97. The van der Waals surface area contributed by atoms with E-state index in [1.165, 1.54) is 0 Å². The summed E-state index contributed by atoms with van der Waals surface area (Å²) in [6.45, 7) is 16.8. The van der Waals surface area contributed by atoms with Crippen LogP contribution in [-0.4, -0.2) is 53.7 Å². The number of ether oxygens (including phenoxy) is 1. The number of nitrogens with one attached hydrogen (secondary N) is 2. The molecule has 2 amide bonds. The Kier molecular flexibility index (Phi) is 8.45. The third kappa shape index (κ3) is 8.87. The van der Waals surface area contributed by atoms with Gasteiger partial charge in [-0.15, -0.1) is 0 Å². The van der Waals surface area contributed by atoms with E-state index in [1.807, 2.05) is 0 Å². The Morgan fingerprint density at radius 2 is 1.55 bits per heavy atom. The molecule has 0 aromatic heterocycles. The second kappa shape index (κ2) is 8.98. The fourth-order valence-electron chi connectivity index (χ4n) is 2.12. The molecule has 0 aromatic rings. The molecule has 6 heteroatoms. The third-order valence-corrected chi connectivity index (χ3v) is 3.12. The van der Waals surface area contributed by atoms with E-state index >= 15 is 0 Å². The van der Waals surface area contributed by atoms with Crippen molar-refractivity contribution < 1.29 is 14.3 Å². The molecule has 0 heterocycles. The highest BCUT2D eigenvalue weighted by molar-refractivity contribution is 5.85. The van der Waals surface area contributed by atoms with E-state index in [1.54, 1.807) is 27.7 Å². The summed E-state index contributed by atoms with van der Waals surface area (Å²) in [5.41, 5.74) is -0.574. The van der Waals surface area contributed by atoms with Gasteiger partial charge in [0.05, 0.1) is 0 Å². The molecule has 0 aromatic carbocycles. The highest BCUT2D eigenvalue weighted by Gasteiger charge is 2.21. The summed E-state index contributed by atoms with van der Waals surface area (Å²) < 4.78 is 5.13. The number of hydrogen-bond acceptors (Lipinski definition) is 4. The van der Waals surface area contributed by atoms with Gasteiger partial charge >= 0.3 is 6.09 Å². The molecular weight excluding hydrogens is 282 g/mol. The Bertz CT molecular complexity index is 354. The van der Waals surface area contributed by atoms with Crippen LogP contribution in [0.5, 0.6) is 0 Å². The quantitative estimate of drug-likeness (QED) is 0.755. The van der Waals surface area contributed by atoms with Crippen LogP contribution in [0.4, 0.5) is 4.79 Å². The Hall–Kier alpha value is -1.30. The smallest absolute Gasteiger partial charge is 0.408 e. The van der Waals surface area contributed by atoms with Crippen LogP contribution in [0.1, 0.15) is 55.4 Å². The highest BCUT2D eigenvalue weighted by Crippen LogP contribution is 2.06. The minimum atomic E-state index is -0.624. The number of carbonyl (C=O) groups is 2. The molecule has 0 unspecified atom stereocenters. The van der Waals surface area contributed by atoms with Crippen LogP contribution < -0.4 is 10.6 Å². The van der Waals surface area contributed by atoms with Gasteiger partial charge in [0, 0.05) is 25.2 Å².